The Balaban J connectivity index is 2.94. The highest BCUT2D eigenvalue weighted by Crippen LogP contribution is 2.25. The highest BCUT2D eigenvalue weighted by Gasteiger charge is 2.10. The molecule has 0 amide bonds. The van der Waals surface area contributed by atoms with Crippen molar-refractivity contribution in [3.05, 3.63) is 29.3 Å². The molecule has 0 saturated carbocycles. The lowest BCUT2D eigenvalue weighted by atomic mass is 10.0. The molecular formula is C11H14N2O. The minimum absolute atomic E-state index is 0.187. The van der Waals surface area contributed by atoms with Crippen molar-refractivity contribution in [3.63, 3.8) is 0 Å². The molecule has 0 aliphatic carbocycles. The van der Waals surface area contributed by atoms with Gasteiger partial charge in [0.1, 0.15) is 5.75 Å². The molecule has 1 rings (SSSR count). The normalized spacial score (nSPS) is 12.1. The molecule has 74 valence electrons. The average Bonchev–Trinajstić information content (AvgIpc) is 2.17. The molecule has 3 nitrogen and oxygen atoms in total. The summed E-state index contributed by atoms with van der Waals surface area (Å²) in [5, 5.41) is 18.1. The number of rotatable bonds is 3. The molecule has 0 aliphatic rings. The SMILES string of the molecule is CCc1ccc(C(N)CC#N)c(O)c1. The van der Waals surface area contributed by atoms with Gasteiger partial charge in [-0.3, -0.25) is 0 Å². The zero-order chi connectivity index (χ0) is 10.6. The van der Waals surface area contributed by atoms with Crippen LogP contribution in [0.2, 0.25) is 0 Å². The second-order valence-electron chi connectivity index (χ2n) is 3.22. The Morgan fingerprint density at radius 2 is 2.29 bits per heavy atom. The average molecular weight is 190 g/mol. The van der Waals surface area contributed by atoms with Crippen molar-refractivity contribution in [1.82, 2.24) is 0 Å². The van der Waals surface area contributed by atoms with E-state index in [-0.39, 0.29) is 12.2 Å². The number of hydrogen-bond acceptors (Lipinski definition) is 3. The highest BCUT2D eigenvalue weighted by molar-refractivity contribution is 5.38. The molecule has 1 unspecified atom stereocenters. The van der Waals surface area contributed by atoms with E-state index in [0.717, 1.165) is 12.0 Å². The number of nitrogens with zero attached hydrogens (tertiary/aromatic N) is 1. The van der Waals surface area contributed by atoms with Crippen LogP contribution < -0.4 is 5.73 Å². The molecule has 1 aromatic rings. The van der Waals surface area contributed by atoms with Crippen LogP contribution in [-0.4, -0.2) is 5.11 Å². The van der Waals surface area contributed by atoms with Gasteiger partial charge in [0.2, 0.25) is 0 Å². The lowest BCUT2D eigenvalue weighted by molar-refractivity contribution is 0.461. The topological polar surface area (TPSA) is 70.0 Å². The van der Waals surface area contributed by atoms with Crippen molar-refractivity contribution in [1.29, 1.82) is 5.26 Å². The first-order valence-electron chi connectivity index (χ1n) is 4.63. The lowest BCUT2D eigenvalue weighted by Crippen LogP contribution is -2.09. The summed E-state index contributed by atoms with van der Waals surface area (Å²) in [6.07, 6.45) is 1.10. The zero-order valence-electron chi connectivity index (χ0n) is 8.20. The summed E-state index contributed by atoms with van der Waals surface area (Å²) in [7, 11) is 0. The number of aryl methyl sites for hydroxylation is 1. The van der Waals surface area contributed by atoms with E-state index in [9.17, 15) is 5.11 Å². The molecule has 0 fully saturated rings. The molecule has 1 aromatic carbocycles. The van der Waals surface area contributed by atoms with Crippen LogP contribution in [0.1, 0.15) is 30.5 Å². The molecule has 14 heavy (non-hydrogen) atoms. The van der Waals surface area contributed by atoms with Crippen LogP contribution in [0.15, 0.2) is 18.2 Å². The predicted molar refractivity (Wildman–Crippen MR) is 54.6 cm³/mol. The summed E-state index contributed by atoms with van der Waals surface area (Å²) < 4.78 is 0. The van der Waals surface area contributed by atoms with Gasteiger partial charge in [-0.25, -0.2) is 0 Å². The lowest BCUT2D eigenvalue weighted by Gasteiger charge is -2.10. The van der Waals surface area contributed by atoms with E-state index in [4.69, 9.17) is 11.0 Å². The first kappa shape index (κ1) is 10.6. The quantitative estimate of drug-likeness (QED) is 0.764. The maximum atomic E-state index is 9.63. The van der Waals surface area contributed by atoms with Crippen molar-refractivity contribution >= 4 is 0 Å². The number of phenols is 1. The fourth-order valence-corrected chi connectivity index (χ4v) is 1.33. The number of aromatic hydroxyl groups is 1. The van der Waals surface area contributed by atoms with Crippen LogP contribution in [0.3, 0.4) is 0 Å². The smallest absolute Gasteiger partial charge is 0.120 e. The summed E-state index contributed by atoms with van der Waals surface area (Å²) in [5.41, 5.74) is 7.42. The summed E-state index contributed by atoms with van der Waals surface area (Å²) >= 11 is 0. The van der Waals surface area contributed by atoms with Crippen molar-refractivity contribution in [2.24, 2.45) is 5.73 Å². The molecule has 0 aliphatic heterocycles. The fraction of sp³-hybridized carbons (Fsp3) is 0.364. The fourth-order valence-electron chi connectivity index (χ4n) is 1.33. The second kappa shape index (κ2) is 4.64. The Labute approximate surface area is 83.8 Å². The van der Waals surface area contributed by atoms with Gasteiger partial charge in [0, 0.05) is 11.6 Å². The Kier molecular flexibility index (Phi) is 3.49. The minimum atomic E-state index is -0.397. The van der Waals surface area contributed by atoms with E-state index in [0.29, 0.717) is 5.56 Å². The number of phenolic OH excluding ortho intramolecular Hbond substituents is 1. The standard InChI is InChI=1S/C11H14N2O/c1-2-8-3-4-9(11(14)7-8)10(13)5-6-12/h3-4,7,10,14H,2,5,13H2,1H3. The molecule has 0 bridgehead atoms. The van der Waals surface area contributed by atoms with Gasteiger partial charge in [0.25, 0.3) is 0 Å². The highest BCUT2D eigenvalue weighted by atomic mass is 16.3. The predicted octanol–water partition coefficient (Wildman–Crippen LogP) is 1.87. The number of benzene rings is 1. The number of hydrogen-bond donors (Lipinski definition) is 2. The third-order valence-corrected chi connectivity index (χ3v) is 2.21. The maximum Gasteiger partial charge on any atom is 0.120 e. The first-order chi connectivity index (χ1) is 6.69. The summed E-state index contributed by atoms with van der Waals surface area (Å²) in [4.78, 5) is 0. The van der Waals surface area contributed by atoms with E-state index < -0.39 is 6.04 Å². The van der Waals surface area contributed by atoms with E-state index in [1.165, 1.54) is 0 Å². The third kappa shape index (κ3) is 2.24. The van der Waals surface area contributed by atoms with Gasteiger partial charge in [0.15, 0.2) is 0 Å². The van der Waals surface area contributed by atoms with Crippen LogP contribution in [-0.2, 0) is 6.42 Å². The first-order valence-corrected chi connectivity index (χ1v) is 4.63. The van der Waals surface area contributed by atoms with Crippen LogP contribution in [0.4, 0.5) is 0 Å². The largest absolute Gasteiger partial charge is 0.508 e. The van der Waals surface area contributed by atoms with Gasteiger partial charge >= 0.3 is 0 Å². The van der Waals surface area contributed by atoms with E-state index >= 15 is 0 Å². The van der Waals surface area contributed by atoms with Gasteiger partial charge in [-0.2, -0.15) is 5.26 Å². The zero-order valence-corrected chi connectivity index (χ0v) is 8.20. The minimum Gasteiger partial charge on any atom is -0.508 e. The monoisotopic (exact) mass is 190 g/mol. The van der Waals surface area contributed by atoms with Crippen molar-refractivity contribution in [2.45, 2.75) is 25.8 Å². The number of nitrogens with two attached hydrogens (primary N) is 1. The second-order valence-corrected chi connectivity index (χ2v) is 3.22. The Morgan fingerprint density at radius 3 is 2.79 bits per heavy atom. The molecule has 1 atom stereocenters. The molecule has 0 spiro atoms. The molecule has 3 N–H and O–H groups in total. The molecular weight excluding hydrogens is 176 g/mol. The van der Waals surface area contributed by atoms with Gasteiger partial charge < -0.3 is 10.8 Å². The van der Waals surface area contributed by atoms with E-state index in [1.54, 1.807) is 12.1 Å². The molecule has 3 heteroatoms. The van der Waals surface area contributed by atoms with Crippen LogP contribution in [0.5, 0.6) is 5.75 Å². The van der Waals surface area contributed by atoms with Gasteiger partial charge in [-0.05, 0) is 18.1 Å². The van der Waals surface area contributed by atoms with Crippen molar-refractivity contribution < 1.29 is 5.11 Å². The number of nitriles is 1. The molecule has 0 aromatic heterocycles. The maximum absolute atomic E-state index is 9.63. The van der Waals surface area contributed by atoms with Crippen LogP contribution in [0, 0.1) is 11.3 Å². The van der Waals surface area contributed by atoms with Gasteiger partial charge in [-0.15, -0.1) is 0 Å². The summed E-state index contributed by atoms with van der Waals surface area (Å²) in [6.45, 7) is 2.02. The molecule has 0 saturated heterocycles. The van der Waals surface area contributed by atoms with E-state index in [1.807, 2.05) is 19.1 Å². The third-order valence-electron chi connectivity index (χ3n) is 2.21. The Morgan fingerprint density at radius 1 is 1.57 bits per heavy atom. The van der Waals surface area contributed by atoms with Crippen molar-refractivity contribution in [3.8, 4) is 11.8 Å². The van der Waals surface area contributed by atoms with E-state index in [2.05, 4.69) is 0 Å². The van der Waals surface area contributed by atoms with Crippen LogP contribution >= 0.6 is 0 Å². The van der Waals surface area contributed by atoms with Crippen LogP contribution in [0.25, 0.3) is 0 Å². The Hall–Kier alpha value is -1.53. The van der Waals surface area contributed by atoms with Crippen molar-refractivity contribution in [2.75, 3.05) is 0 Å². The van der Waals surface area contributed by atoms with Gasteiger partial charge in [-0.1, -0.05) is 19.1 Å². The summed E-state index contributed by atoms with van der Waals surface area (Å²) in [6, 6.07) is 7.00. The molecule has 0 radical (unpaired) electrons. The Bertz CT molecular complexity index is 355. The summed E-state index contributed by atoms with van der Waals surface area (Å²) in [5.74, 6) is 0.187. The van der Waals surface area contributed by atoms with Gasteiger partial charge in [0.05, 0.1) is 12.5 Å². The molecule has 0 heterocycles.